The van der Waals surface area contributed by atoms with Crippen molar-refractivity contribution in [3.05, 3.63) is 28.5 Å². The molecule has 1 aromatic rings. The zero-order chi connectivity index (χ0) is 11.4. The van der Waals surface area contributed by atoms with Crippen molar-refractivity contribution < 1.29 is 0 Å². The molecule has 2 N–H and O–H groups in total. The van der Waals surface area contributed by atoms with Crippen molar-refractivity contribution in [2.45, 2.75) is 19.4 Å². The molecule has 0 bridgehead atoms. The molecule has 1 aliphatic heterocycles. The number of likely N-dealkylation sites (tertiary alicyclic amines) is 1. The Morgan fingerprint density at radius 2 is 2.38 bits per heavy atom. The Balaban J connectivity index is 1.91. The van der Waals surface area contributed by atoms with Crippen LogP contribution in [0.3, 0.4) is 0 Å². The Bertz CT molecular complexity index is 326. The number of hydrogen-bond acceptors (Lipinski definition) is 3. The third-order valence-electron chi connectivity index (χ3n) is 3.13. The normalized spacial score (nSPS) is 22.2. The van der Waals surface area contributed by atoms with Gasteiger partial charge in [-0.3, -0.25) is 4.90 Å². The van der Waals surface area contributed by atoms with Crippen LogP contribution in [0.2, 0.25) is 0 Å². The highest BCUT2D eigenvalue weighted by Crippen LogP contribution is 2.17. The van der Waals surface area contributed by atoms with Gasteiger partial charge in [-0.15, -0.1) is 0 Å². The summed E-state index contributed by atoms with van der Waals surface area (Å²) in [6, 6.07) is 4.13. The molecule has 0 spiro atoms. The Hall–Kier alpha value is -0.450. The van der Waals surface area contributed by atoms with E-state index in [1.807, 2.05) is 12.3 Å². The van der Waals surface area contributed by atoms with Gasteiger partial charge < -0.3 is 5.73 Å². The molecule has 0 aromatic carbocycles. The molecule has 88 valence electrons. The van der Waals surface area contributed by atoms with Crippen molar-refractivity contribution in [2.75, 3.05) is 19.6 Å². The molecule has 16 heavy (non-hydrogen) atoms. The van der Waals surface area contributed by atoms with Gasteiger partial charge in [-0.05, 0) is 59.4 Å². The molecule has 0 aliphatic carbocycles. The van der Waals surface area contributed by atoms with Crippen LogP contribution in [-0.2, 0) is 6.54 Å². The van der Waals surface area contributed by atoms with Gasteiger partial charge in [0, 0.05) is 19.3 Å². The molecule has 4 heteroatoms. The van der Waals surface area contributed by atoms with Crippen LogP contribution >= 0.6 is 15.9 Å². The fourth-order valence-electron chi connectivity index (χ4n) is 2.25. The van der Waals surface area contributed by atoms with Crippen LogP contribution in [0.4, 0.5) is 0 Å². The predicted octanol–water partition coefficient (Wildman–Crippen LogP) is 2.01. The smallest absolute Gasteiger partial charge is 0.106 e. The Morgan fingerprint density at radius 1 is 1.50 bits per heavy atom. The Labute approximate surface area is 105 Å². The first-order valence-electron chi connectivity index (χ1n) is 5.81. The topological polar surface area (TPSA) is 42.1 Å². The summed E-state index contributed by atoms with van der Waals surface area (Å²) in [6.45, 7) is 4.13. The first-order chi connectivity index (χ1) is 7.78. The summed E-state index contributed by atoms with van der Waals surface area (Å²) in [6.07, 6.45) is 4.49. The summed E-state index contributed by atoms with van der Waals surface area (Å²) in [5.74, 6) is 0.678. The molecule has 1 aromatic heterocycles. The van der Waals surface area contributed by atoms with E-state index in [-0.39, 0.29) is 0 Å². The first-order valence-corrected chi connectivity index (χ1v) is 6.60. The fourth-order valence-corrected chi connectivity index (χ4v) is 2.48. The van der Waals surface area contributed by atoms with Gasteiger partial charge in [-0.2, -0.15) is 0 Å². The fraction of sp³-hybridized carbons (Fsp3) is 0.583. The lowest BCUT2D eigenvalue weighted by Crippen LogP contribution is -2.37. The average Bonchev–Trinajstić information content (AvgIpc) is 2.32. The molecule has 3 nitrogen and oxygen atoms in total. The van der Waals surface area contributed by atoms with Crippen LogP contribution in [0.15, 0.2) is 22.9 Å². The summed E-state index contributed by atoms with van der Waals surface area (Å²) >= 11 is 3.35. The summed E-state index contributed by atoms with van der Waals surface area (Å²) in [7, 11) is 0. The van der Waals surface area contributed by atoms with Crippen molar-refractivity contribution in [1.82, 2.24) is 9.88 Å². The summed E-state index contributed by atoms with van der Waals surface area (Å²) in [5, 5.41) is 0. The number of piperidine rings is 1. The van der Waals surface area contributed by atoms with Gasteiger partial charge in [0.15, 0.2) is 0 Å². The van der Waals surface area contributed by atoms with E-state index in [0.29, 0.717) is 5.92 Å². The van der Waals surface area contributed by atoms with Crippen molar-refractivity contribution in [3.8, 4) is 0 Å². The molecule has 0 unspecified atom stereocenters. The van der Waals surface area contributed by atoms with E-state index >= 15 is 0 Å². The van der Waals surface area contributed by atoms with Gasteiger partial charge in [-0.1, -0.05) is 6.07 Å². The number of pyridine rings is 1. The predicted molar refractivity (Wildman–Crippen MR) is 69.0 cm³/mol. The van der Waals surface area contributed by atoms with E-state index < -0.39 is 0 Å². The van der Waals surface area contributed by atoms with E-state index in [2.05, 4.69) is 31.9 Å². The number of nitrogens with zero attached hydrogens (tertiary/aromatic N) is 2. The van der Waals surface area contributed by atoms with E-state index in [9.17, 15) is 0 Å². The number of nitrogens with two attached hydrogens (primary N) is 1. The standard InChI is InChI=1S/C12H18BrN3/c13-12-4-3-11(7-15-12)9-16-5-1-2-10(6-14)8-16/h3-4,7,10H,1-2,5-6,8-9,14H2/t10-/m1/s1. The van der Waals surface area contributed by atoms with Crippen molar-refractivity contribution >= 4 is 15.9 Å². The van der Waals surface area contributed by atoms with Gasteiger partial charge in [0.25, 0.3) is 0 Å². The van der Waals surface area contributed by atoms with Crippen LogP contribution in [0.5, 0.6) is 0 Å². The number of rotatable bonds is 3. The zero-order valence-electron chi connectivity index (χ0n) is 9.40. The third-order valence-corrected chi connectivity index (χ3v) is 3.60. The number of aromatic nitrogens is 1. The first kappa shape index (κ1) is 12.0. The van der Waals surface area contributed by atoms with Crippen LogP contribution in [0.1, 0.15) is 18.4 Å². The van der Waals surface area contributed by atoms with Crippen molar-refractivity contribution in [1.29, 1.82) is 0 Å². The average molecular weight is 284 g/mol. The van der Waals surface area contributed by atoms with Crippen molar-refractivity contribution in [3.63, 3.8) is 0 Å². The molecular weight excluding hydrogens is 266 g/mol. The molecule has 2 heterocycles. The van der Waals surface area contributed by atoms with Gasteiger partial charge >= 0.3 is 0 Å². The van der Waals surface area contributed by atoms with Crippen LogP contribution in [-0.4, -0.2) is 29.5 Å². The molecule has 1 fully saturated rings. The van der Waals surface area contributed by atoms with Gasteiger partial charge in [0.2, 0.25) is 0 Å². The van der Waals surface area contributed by atoms with Crippen LogP contribution in [0.25, 0.3) is 0 Å². The Kier molecular flexibility index (Phi) is 4.32. The van der Waals surface area contributed by atoms with E-state index in [0.717, 1.165) is 24.2 Å². The molecule has 1 saturated heterocycles. The van der Waals surface area contributed by atoms with Gasteiger partial charge in [-0.25, -0.2) is 4.98 Å². The minimum absolute atomic E-state index is 0.678. The summed E-state index contributed by atoms with van der Waals surface area (Å²) in [5.41, 5.74) is 7.01. The third kappa shape index (κ3) is 3.27. The minimum atomic E-state index is 0.678. The van der Waals surface area contributed by atoms with E-state index in [1.165, 1.54) is 24.9 Å². The van der Waals surface area contributed by atoms with Crippen molar-refractivity contribution in [2.24, 2.45) is 11.7 Å². The SMILES string of the molecule is NC[C@H]1CCCN(Cc2ccc(Br)nc2)C1. The number of hydrogen-bond donors (Lipinski definition) is 1. The summed E-state index contributed by atoms with van der Waals surface area (Å²) in [4.78, 5) is 6.73. The zero-order valence-corrected chi connectivity index (χ0v) is 11.0. The highest BCUT2D eigenvalue weighted by Gasteiger charge is 2.18. The maximum absolute atomic E-state index is 5.73. The molecule has 0 saturated carbocycles. The molecule has 2 rings (SSSR count). The Morgan fingerprint density at radius 3 is 3.06 bits per heavy atom. The second-order valence-electron chi connectivity index (χ2n) is 4.47. The largest absolute Gasteiger partial charge is 0.330 e. The van der Waals surface area contributed by atoms with Crippen LogP contribution < -0.4 is 5.73 Å². The van der Waals surface area contributed by atoms with Crippen LogP contribution in [0, 0.1) is 5.92 Å². The highest BCUT2D eigenvalue weighted by atomic mass is 79.9. The molecular formula is C12H18BrN3. The summed E-state index contributed by atoms with van der Waals surface area (Å²) < 4.78 is 0.898. The highest BCUT2D eigenvalue weighted by molar-refractivity contribution is 9.10. The molecule has 1 aliphatic rings. The number of halogens is 1. The second-order valence-corrected chi connectivity index (χ2v) is 5.28. The van der Waals surface area contributed by atoms with E-state index in [1.54, 1.807) is 0 Å². The van der Waals surface area contributed by atoms with Gasteiger partial charge in [0.1, 0.15) is 4.60 Å². The van der Waals surface area contributed by atoms with E-state index in [4.69, 9.17) is 5.73 Å². The molecule has 0 radical (unpaired) electrons. The molecule has 1 atom stereocenters. The second kappa shape index (κ2) is 5.75. The lowest BCUT2D eigenvalue weighted by atomic mass is 9.98. The lowest BCUT2D eigenvalue weighted by molar-refractivity contribution is 0.171. The lowest BCUT2D eigenvalue weighted by Gasteiger charge is -2.31. The maximum atomic E-state index is 5.73. The van der Waals surface area contributed by atoms with Gasteiger partial charge in [0.05, 0.1) is 0 Å². The minimum Gasteiger partial charge on any atom is -0.330 e. The molecule has 0 amide bonds. The quantitative estimate of drug-likeness (QED) is 0.863. The maximum Gasteiger partial charge on any atom is 0.106 e. The monoisotopic (exact) mass is 283 g/mol.